The molecular weight excluding hydrogens is 610 g/mol. The summed E-state index contributed by atoms with van der Waals surface area (Å²) in [6, 6.07) is 0.196. The van der Waals surface area contributed by atoms with E-state index in [1.807, 2.05) is 0 Å². The molecule has 1 aliphatic carbocycles. The van der Waals surface area contributed by atoms with Crippen LogP contribution in [0.4, 0.5) is 13.2 Å². The van der Waals surface area contributed by atoms with Gasteiger partial charge in [0.15, 0.2) is 5.01 Å². The number of halogens is 5. The van der Waals surface area contributed by atoms with Gasteiger partial charge in [-0.3, -0.25) is 4.79 Å². The second-order valence-corrected chi connectivity index (χ2v) is 13.8. The Hall–Kier alpha value is -1.44. The maximum atomic E-state index is 13.1. The number of thiazole rings is 1. The predicted molar refractivity (Wildman–Crippen MR) is 150 cm³/mol. The van der Waals surface area contributed by atoms with E-state index in [9.17, 15) is 26.4 Å². The summed E-state index contributed by atoms with van der Waals surface area (Å²) in [5.74, 6) is 0.0636. The number of carbonyl (C=O) groups is 1. The number of hydrogen-bond acceptors (Lipinski definition) is 6. The molecule has 2 aromatic rings. The lowest BCUT2D eigenvalue weighted by Crippen LogP contribution is -2.43. The first kappa shape index (κ1) is 31.5. The second-order valence-electron chi connectivity index (χ2n) is 10.3. The summed E-state index contributed by atoms with van der Waals surface area (Å²) in [5.41, 5.74) is 1.05. The fourth-order valence-electron chi connectivity index (χ4n) is 5.01. The van der Waals surface area contributed by atoms with Crippen LogP contribution in [0.1, 0.15) is 73.8 Å². The Bertz CT molecular complexity index is 1310. The number of carbonyl (C=O) groups excluding carboxylic acids is 1. The molecule has 2 aliphatic rings. The van der Waals surface area contributed by atoms with Crippen molar-refractivity contribution in [2.45, 2.75) is 87.9 Å². The summed E-state index contributed by atoms with van der Waals surface area (Å²) < 4.78 is 71.4. The Morgan fingerprint density at radius 2 is 1.75 bits per heavy atom. The van der Waals surface area contributed by atoms with Crippen molar-refractivity contribution in [1.29, 1.82) is 0 Å². The maximum absolute atomic E-state index is 13.1. The van der Waals surface area contributed by atoms with Crippen LogP contribution in [0.5, 0.6) is 0 Å². The lowest BCUT2D eigenvalue weighted by Gasteiger charge is -2.22. The van der Waals surface area contributed by atoms with Crippen molar-refractivity contribution in [3.63, 3.8) is 0 Å². The molecule has 222 valence electrons. The molecule has 40 heavy (non-hydrogen) atoms. The van der Waals surface area contributed by atoms with E-state index in [1.165, 1.54) is 18.9 Å². The number of nitrogens with one attached hydrogen (secondary N) is 2. The zero-order chi connectivity index (χ0) is 29.1. The van der Waals surface area contributed by atoms with Crippen molar-refractivity contribution >= 4 is 50.5 Å². The van der Waals surface area contributed by atoms with E-state index in [-0.39, 0.29) is 22.0 Å². The molecule has 2 N–H and O–H groups in total. The maximum Gasteiger partial charge on any atom is 0.404 e. The highest BCUT2D eigenvalue weighted by Gasteiger charge is 2.39. The predicted octanol–water partition coefficient (Wildman–Crippen LogP) is 6.77. The van der Waals surface area contributed by atoms with E-state index in [1.54, 1.807) is 4.72 Å². The topological polar surface area (TPSA) is 97.4 Å². The van der Waals surface area contributed by atoms with E-state index in [0.717, 1.165) is 43.1 Å². The molecule has 1 aromatic carbocycles. The van der Waals surface area contributed by atoms with Crippen LogP contribution >= 0.6 is 34.5 Å². The number of amides is 1. The van der Waals surface area contributed by atoms with Gasteiger partial charge in [-0.15, -0.1) is 11.3 Å². The van der Waals surface area contributed by atoms with Crippen molar-refractivity contribution in [3.05, 3.63) is 32.9 Å². The number of ether oxygens (including phenoxy) is 1. The van der Waals surface area contributed by atoms with E-state index in [2.05, 4.69) is 5.32 Å². The van der Waals surface area contributed by atoms with Crippen LogP contribution in [-0.2, 0) is 21.2 Å². The number of hydrogen-bond donors (Lipinski definition) is 2. The molecule has 1 saturated carbocycles. The highest BCUT2D eigenvalue weighted by molar-refractivity contribution is 7.89. The third-order valence-electron chi connectivity index (χ3n) is 7.31. The molecule has 1 saturated heterocycles. The summed E-state index contributed by atoms with van der Waals surface area (Å²) >= 11 is 14.1. The van der Waals surface area contributed by atoms with Crippen LogP contribution in [-0.4, -0.2) is 50.8 Å². The van der Waals surface area contributed by atoms with Gasteiger partial charge in [-0.25, -0.2) is 13.4 Å². The largest absolute Gasteiger partial charge is 0.404 e. The Balaban J connectivity index is 1.68. The fourth-order valence-corrected chi connectivity index (χ4v) is 8.19. The van der Waals surface area contributed by atoms with Gasteiger partial charge in [0, 0.05) is 24.8 Å². The first-order valence-electron chi connectivity index (χ1n) is 13.3. The average molecular weight is 643 g/mol. The van der Waals surface area contributed by atoms with Crippen LogP contribution < -0.4 is 10.0 Å². The van der Waals surface area contributed by atoms with Crippen LogP contribution in [0, 0.1) is 5.92 Å². The van der Waals surface area contributed by atoms with Gasteiger partial charge in [0.25, 0.3) is 5.91 Å². The van der Waals surface area contributed by atoms with Gasteiger partial charge in [-0.2, -0.15) is 17.9 Å². The van der Waals surface area contributed by atoms with E-state index in [0.29, 0.717) is 61.5 Å². The third kappa shape index (κ3) is 7.69. The number of sulfonamides is 1. The zero-order valence-corrected chi connectivity index (χ0v) is 25.1. The van der Waals surface area contributed by atoms with Gasteiger partial charge in [-0.1, -0.05) is 67.8 Å². The van der Waals surface area contributed by atoms with E-state index in [4.69, 9.17) is 32.9 Å². The third-order valence-corrected chi connectivity index (χ3v) is 11.0. The van der Waals surface area contributed by atoms with Crippen molar-refractivity contribution in [3.8, 4) is 10.4 Å². The average Bonchev–Trinajstić information content (AvgIpc) is 3.12. The van der Waals surface area contributed by atoms with Gasteiger partial charge in [0.1, 0.15) is 10.9 Å². The van der Waals surface area contributed by atoms with E-state index < -0.39 is 32.2 Å². The monoisotopic (exact) mass is 641 g/mol. The zero-order valence-electron chi connectivity index (χ0n) is 22.0. The minimum atomic E-state index is -4.78. The Morgan fingerprint density at radius 3 is 2.38 bits per heavy atom. The summed E-state index contributed by atoms with van der Waals surface area (Å²) in [4.78, 5) is 17.9. The number of benzene rings is 1. The molecule has 1 atom stereocenters. The molecule has 2 heterocycles. The molecule has 0 spiro atoms. The Labute approximate surface area is 246 Å². The van der Waals surface area contributed by atoms with Crippen LogP contribution in [0.3, 0.4) is 0 Å². The summed E-state index contributed by atoms with van der Waals surface area (Å²) in [7, 11) is -4.63. The molecule has 1 aliphatic heterocycles. The number of rotatable bonds is 8. The minimum Gasteiger partial charge on any atom is -0.381 e. The fraction of sp³-hybridized carbons (Fsp3) is 0.615. The van der Waals surface area contributed by atoms with Gasteiger partial charge in [0.2, 0.25) is 10.0 Å². The van der Waals surface area contributed by atoms with Crippen molar-refractivity contribution in [1.82, 2.24) is 15.0 Å². The highest BCUT2D eigenvalue weighted by atomic mass is 35.5. The molecule has 7 nitrogen and oxygen atoms in total. The molecule has 0 radical (unpaired) electrons. The van der Waals surface area contributed by atoms with Crippen LogP contribution in [0.15, 0.2) is 17.0 Å². The van der Waals surface area contributed by atoms with Crippen molar-refractivity contribution in [2.24, 2.45) is 5.92 Å². The molecule has 1 aromatic heterocycles. The van der Waals surface area contributed by atoms with Gasteiger partial charge < -0.3 is 10.1 Å². The first-order chi connectivity index (χ1) is 18.9. The Morgan fingerprint density at radius 1 is 1.10 bits per heavy atom. The number of aromatic nitrogens is 1. The summed E-state index contributed by atoms with van der Waals surface area (Å²) in [5, 5.41) is 2.74. The standard InChI is InChI=1S/C26H32Cl2F3N3O4S2/c1-15(26(29,30)31)34-40(36,37)20-9-8-18(21(27)22(20)28)23-19(14-16-6-4-2-3-5-7-16)33-25(39-23)24(35)32-17-10-12-38-13-11-17/h8-9,15-17,34H,2-7,10-14H2,1H3,(H,32,35)/t15-/m0/s1. The smallest absolute Gasteiger partial charge is 0.381 e. The van der Waals surface area contributed by atoms with Gasteiger partial charge in [-0.05, 0) is 38.2 Å². The SMILES string of the molecule is C[C@H](NS(=O)(=O)c1ccc(-c2sc(C(=O)NC3CCOCC3)nc2CC2CCCCCC2)c(Cl)c1Cl)C(F)(F)F. The lowest BCUT2D eigenvalue weighted by atomic mass is 9.94. The normalized spacial score (nSPS) is 18.9. The molecule has 4 rings (SSSR count). The molecule has 2 fully saturated rings. The molecule has 1 amide bonds. The Kier molecular flexibility index (Phi) is 10.4. The van der Waals surface area contributed by atoms with E-state index >= 15 is 0 Å². The minimum absolute atomic E-state index is 0.0204. The van der Waals surface area contributed by atoms with Gasteiger partial charge in [0.05, 0.1) is 20.6 Å². The van der Waals surface area contributed by atoms with Crippen LogP contribution in [0.2, 0.25) is 10.0 Å². The van der Waals surface area contributed by atoms with Crippen LogP contribution in [0.25, 0.3) is 10.4 Å². The van der Waals surface area contributed by atoms with Crippen molar-refractivity contribution in [2.75, 3.05) is 13.2 Å². The highest BCUT2D eigenvalue weighted by Crippen LogP contribution is 2.43. The second kappa shape index (κ2) is 13.2. The summed E-state index contributed by atoms with van der Waals surface area (Å²) in [6.45, 7) is 1.84. The number of alkyl halides is 3. The lowest BCUT2D eigenvalue weighted by molar-refractivity contribution is -0.147. The van der Waals surface area contributed by atoms with Crippen molar-refractivity contribution < 1.29 is 31.1 Å². The first-order valence-corrected chi connectivity index (χ1v) is 16.4. The molecule has 0 unspecified atom stereocenters. The van der Waals surface area contributed by atoms with Gasteiger partial charge >= 0.3 is 6.18 Å². The number of nitrogens with zero attached hydrogens (tertiary/aromatic N) is 1. The quantitative estimate of drug-likeness (QED) is 0.310. The molecule has 0 bridgehead atoms. The molecular formula is C26H32Cl2F3N3O4S2. The molecule has 14 heteroatoms. The summed E-state index contributed by atoms with van der Waals surface area (Å²) in [6.07, 6.45) is 3.91.